The summed E-state index contributed by atoms with van der Waals surface area (Å²) in [5.41, 5.74) is 7.31. The van der Waals surface area contributed by atoms with Gasteiger partial charge in [-0.05, 0) is 69.1 Å². The van der Waals surface area contributed by atoms with Crippen LogP contribution >= 0.6 is 11.3 Å². The third-order valence-corrected chi connectivity index (χ3v) is 11.3. The van der Waals surface area contributed by atoms with Crippen molar-refractivity contribution in [3.8, 4) is 56.7 Å². The summed E-state index contributed by atoms with van der Waals surface area (Å²) in [6.45, 7) is 0. The Bertz CT molecular complexity index is 3220. The van der Waals surface area contributed by atoms with Crippen molar-refractivity contribution in [3.05, 3.63) is 170 Å². The molecule has 8 aromatic carbocycles. The molecule has 0 radical (unpaired) electrons. The number of hydrogen-bond acceptors (Lipinski definition) is 6. The van der Waals surface area contributed by atoms with E-state index >= 15 is 0 Å². The van der Waals surface area contributed by atoms with Gasteiger partial charge in [0.25, 0.3) is 0 Å². The Morgan fingerprint density at radius 3 is 1.80 bits per heavy atom. The molecule has 5 nitrogen and oxygen atoms in total. The van der Waals surface area contributed by atoms with Crippen LogP contribution in [0, 0.1) is 0 Å². The zero-order chi connectivity index (χ0) is 35.6. The summed E-state index contributed by atoms with van der Waals surface area (Å²) in [5.74, 6) is 2.30. The topological polar surface area (TPSA) is 64.7 Å². The first kappa shape index (κ1) is 30.6. The summed E-state index contributed by atoms with van der Waals surface area (Å²) in [6.07, 6.45) is 0. The van der Waals surface area contributed by atoms with E-state index in [9.17, 15) is 0 Å². The third kappa shape index (κ3) is 5.15. The Balaban J connectivity index is 1.16. The average Bonchev–Trinajstić information content (AvgIpc) is 3.84. The number of aromatic nitrogens is 4. The highest BCUT2D eigenvalue weighted by molar-refractivity contribution is 7.26. The molecule has 0 aliphatic carbocycles. The Morgan fingerprint density at radius 2 is 0.981 bits per heavy atom. The quantitative estimate of drug-likeness (QED) is 0.178. The molecule has 252 valence electrons. The number of rotatable bonds is 5. The van der Waals surface area contributed by atoms with E-state index in [-0.39, 0.29) is 0 Å². The number of thiophene rings is 1. The highest BCUT2D eigenvalue weighted by Crippen LogP contribution is 2.45. The lowest BCUT2D eigenvalue weighted by Crippen LogP contribution is -2.01. The molecule has 0 N–H and O–H groups in total. The average molecular weight is 709 g/mol. The molecule has 0 atom stereocenters. The number of oxazole rings is 1. The Kier molecular flexibility index (Phi) is 6.97. The van der Waals surface area contributed by atoms with Crippen LogP contribution < -0.4 is 0 Å². The minimum atomic E-state index is 0.553. The van der Waals surface area contributed by atoms with Gasteiger partial charge in [0.15, 0.2) is 23.1 Å². The predicted molar refractivity (Wildman–Crippen MR) is 222 cm³/mol. The van der Waals surface area contributed by atoms with Crippen LogP contribution in [-0.2, 0) is 0 Å². The van der Waals surface area contributed by atoms with Crippen LogP contribution in [-0.4, -0.2) is 19.9 Å². The molecule has 0 bridgehead atoms. The van der Waals surface area contributed by atoms with Gasteiger partial charge in [0.05, 0.1) is 5.56 Å². The molecule has 11 rings (SSSR count). The molecule has 0 aliphatic heterocycles. The van der Waals surface area contributed by atoms with Gasteiger partial charge in [-0.3, -0.25) is 0 Å². The van der Waals surface area contributed by atoms with E-state index in [0.29, 0.717) is 28.9 Å². The number of hydrogen-bond donors (Lipinski definition) is 0. The zero-order valence-electron chi connectivity index (χ0n) is 28.8. The van der Waals surface area contributed by atoms with Gasteiger partial charge in [0.2, 0.25) is 5.89 Å². The second-order valence-corrected chi connectivity index (χ2v) is 14.5. The van der Waals surface area contributed by atoms with Crippen molar-refractivity contribution < 1.29 is 4.42 Å². The normalized spacial score (nSPS) is 11.7. The van der Waals surface area contributed by atoms with Crippen molar-refractivity contribution in [1.82, 2.24) is 19.9 Å². The van der Waals surface area contributed by atoms with Gasteiger partial charge in [-0.25, -0.2) is 19.9 Å². The zero-order valence-corrected chi connectivity index (χ0v) is 29.6. The maximum Gasteiger partial charge on any atom is 0.227 e. The lowest BCUT2D eigenvalue weighted by atomic mass is 10.00. The van der Waals surface area contributed by atoms with Crippen LogP contribution in [0.3, 0.4) is 0 Å². The first-order valence-electron chi connectivity index (χ1n) is 17.9. The SMILES string of the molecule is c1ccc(-c2ccc3ccc(-c4nc(-c5ccccc5)nc(-c5c6nc(-c7ccc8ccccc8c7)oc6cc6c5sc5ccccc56)n4)cc3c2)cc1. The van der Waals surface area contributed by atoms with Crippen LogP contribution in [0.5, 0.6) is 0 Å². The minimum absolute atomic E-state index is 0.553. The maximum absolute atomic E-state index is 6.64. The van der Waals surface area contributed by atoms with E-state index in [1.54, 1.807) is 11.3 Å². The summed E-state index contributed by atoms with van der Waals surface area (Å²) in [7, 11) is 0. The fourth-order valence-corrected chi connectivity index (χ4v) is 8.65. The molecule has 0 fully saturated rings. The monoisotopic (exact) mass is 708 g/mol. The smallest absolute Gasteiger partial charge is 0.227 e. The van der Waals surface area contributed by atoms with Crippen molar-refractivity contribution in [3.63, 3.8) is 0 Å². The molecular formula is C48H28N4OS. The number of nitrogens with zero attached hydrogens (tertiary/aromatic N) is 4. The van der Waals surface area contributed by atoms with Crippen LogP contribution in [0.15, 0.2) is 174 Å². The standard InChI is InChI=1S/C48H28N4OS/c1-3-11-29(12-4-1)34-22-19-31-20-23-35(27-37(31)26-34)46-50-45(32-14-5-2-6-15-32)51-47(52-46)42-43-40(28-39-38-17-9-10-18-41(38)54-44(39)42)53-48(49-43)36-24-21-30-13-7-8-16-33(30)25-36/h1-28H. The summed E-state index contributed by atoms with van der Waals surface area (Å²) < 4.78 is 8.88. The van der Waals surface area contributed by atoms with Crippen molar-refractivity contribution >= 4 is 64.2 Å². The van der Waals surface area contributed by atoms with Gasteiger partial charge in [0, 0.05) is 36.9 Å². The lowest BCUT2D eigenvalue weighted by Gasteiger charge is -2.10. The first-order valence-corrected chi connectivity index (χ1v) is 18.7. The van der Waals surface area contributed by atoms with Crippen molar-refractivity contribution in [2.75, 3.05) is 0 Å². The van der Waals surface area contributed by atoms with E-state index < -0.39 is 0 Å². The maximum atomic E-state index is 6.64. The molecule has 11 aromatic rings. The van der Waals surface area contributed by atoms with E-state index in [1.165, 1.54) is 15.6 Å². The van der Waals surface area contributed by atoms with Crippen LogP contribution in [0.25, 0.3) is 110 Å². The molecule has 3 heterocycles. The van der Waals surface area contributed by atoms with Gasteiger partial charge in [0.1, 0.15) is 5.52 Å². The number of benzene rings is 8. The summed E-state index contributed by atoms with van der Waals surface area (Å²) in [4.78, 5) is 20.8. The van der Waals surface area contributed by atoms with Gasteiger partial charge < -0.3 is 4.42 Å². The van der Waals surface area contributed by atoms with Gasteiger partial charge in [-0.2, -0.15) is 0 Å². The molecule has 0 saturated heterocycles. The molecule has 54 heavy (non-hydrogen) atoms. The van der Waals surface area contributed by atoms with E-state index in [0.717, 1.165) is 65.0 Å². The van der Waals surface area contributed by atoms with Crippen molar-refractivity contribution in [2.24, 2.45) is 0 Å². The molecule has 0 saturated carbocycles. The summed E-state index contributed by atoms with van der Waals surface area (Å²) >= 11 is 1.73. The van der Waals surface area contributed by atoms with E-state index in [1.807, 2.05) is 36.4 Å². The molecule has 0 spiro atoms. The minimum Gasteiger partial charge on any atom is -0.436 e. The summed E-state index contributed by atoms with van der Waals surface area (Å²) in [6, 6.07) is 58.8. The third-order valence-electron chi connectivity index (χ3n) is 10.1. The van der Waals surface area contributed by atoms with Gasteiger partial charge in [-0.1, -0.05) is 133 Å². The summed E-state index contributed by atoms with van der Waals surface area (Å²) in [5, 5.41) is 6.80. The predicted octanol–water partition coefficient (Wildman–Crippen LogP) is 13.0. The van der Waals surface area contributed by atoms with Gasteiger partial charge in [-0.15, -0.1) is 11.3 Å². The molecule has 0 unspecified atom stereocenters. The van der Waals surface area contributed by atoms with Gasteiger partial charge >= 0.3 is 0 Å². The number of fused-ring (bicyclic) bond motifs is 6. The Labute approximate surface area is 313 Å². The molecule has 3 aromatic heterocycles. The van der Waals surface area contributed by atoms with E-state index in [4.69, 9.17) is 24.4 Å². The van der Waals surface area contributed by atoms with Crippen LogP contribution in [0.4, 0.5) is 0 Å². The fourth-order valence-electron chi connectivity index (χ4n) is 7.42. The highest BCUT2D eigenvalue weighted by Gasteiger charge is 2.23. The Morgan fingerprint density at radius 1 is 0.389 bits per heavy atom. The van der Waals surface area contributed by atoms with Crippen LogP contribution in [0.2, 0.25) is 0 Å². The first-order chi connectivity index (χ1) is 26.7. The van der Waals surface area contributed by atoms with Crippen molar-refractivity contribution in [2.45, 2.75) is 0 Å². The molecule has 6 heteroatoms. The lowest BCUT2D eigenvalue weighted by molar-refractivity contribution is 0.620. The molecular weight excluding hydrogens is 681 g/mol. The van der Waals surface area contributed by atoms with E-state index in [2.05, 4.69) is 133 Å². The van der Waals surface area contributed by atoms with Crippen LogP contribution in [0.1, 0.15) is 0 Å². The molecule has 0 amide bonds. The second kappa shape index (κ2) is 12.3. The second-order valence-electron chi connectivity index (χ2n) is 13.5. The largest absolute Gasteiger partial charge is 0.436 e. The Hall–Kier alpha value is -7.02. The van der Waals surface area contributed by atoms with Crippen molar-refractivity contribution in [1.29, 1.82) is 0 Å². The fraction of sp³-hybridized carbons (Fsp3) is 0. The molecule has 0 aliphatic rings. The highest BCUT2D eigenvalue weighted by atomic mass is 32.1.